The minimum Gasteiger partial charge on any atom is -0.378 e. The topological polar surface area (TPSA) is 44.2 Å². The molecule has 0 N–H and O–H groups in total. The molecule has 112 valence electrons. The molecule has 20 heavy (non-hydrogen) atoms. The predicted octanol–water partition coefficient (Wildman–Crippen LogP) is 4.08. The molecule has 0 amide bonds. The summed E-state index contributed by atoms with van der Waals surface area (Å²) in [7, 11) is 1.66. The van der Waals surface area contributed by atoms with Gasteiger partial charge in [-0.1, -0.05) is 30.9 Å². The molecular weight excluding hydrogens is 391 g/mol. The van der Waals surface area contributed by atoms with E-state index in [4.69, 9.17) is 21.1 Å². The largest absolute Gasteiger partial charge is 0.378 e. The van der Waals surface area contributed by atoms with Crippen LogP contribution in [0.25, 0.3) is 0 Å². The number of aromatic nitrogens is 2. The highest BCUT2D eigenvalue weighted by Gasteiger charge is 2.38. The first-order chi connectivity index (χ1) is 9.63. The Morgan fingerprint density at radius 1 is 1.25 bits per heavy atom. The summed E-state index contributed by atoms with van der Waals surface area (Å²) in [4.78, 5) is 9.18. The zero-order chi connectivity index (χ0) is 14.6. The first-order valence-electron chi connectivity index (χ1n) is 6.98. The lowest BCUT2D eigenvalue weighted by atomic mass is 9.83. The molecule has 1 heterocycles. The Balaban J connectivity index is 2.42. The third-order valence-corrected chi connectivity index (χ3v) is 5.38. The average Bonchev–Trinajstić information content (AvgIpc) is 2.45. The SMILES string of the molecule is CCOC1(c2nc(Cl)c(I)c(COC)n2)CCCCC1. The van der Waals surface area contributed by atoms with Gasteiger partial charge in [-0.15, -0.1) is 0 Å². The summed E-state index contributed by atoms with van der Waals surface area (Å²) < 4.78 is 12.1. The van der Waals surface area contributed by atoms with Gasteiger partial charge in [0.25, 0.3) is 0 Å². The maximum atomic E-state index is 6.27. The molecule has 0 aromatic carbocycles. The van der Waals surface area contributed by atoms with Crippen molar-refractivity contribution in [1.82, 2.24) is 9.97 Å². The second-order valence-electron chi connectivity index (χ2n) is 5.02. The Hall–Kier alpha value is 0.0200. The Bertz CT molecular complexity index is 459. The van der Waals surface area contributed by atoms with Crippen LogP contribution in [-0.4, -0.2) is 23.7 Å². The van der Waals surface area contributed by atoms with Crippen LogP contribution in [0.5, 0.6) is 0 Å². The maximum Gasteiger partial charge on any atom is 0.162 e. The number of rotatable bonds is 5. The third kappa shape index (κ3) is 3.43. The van der Waals surface area contributed by atoms with Crippen molar-refractivity contribution in [2.75, 3.05) is 13.7 Å². The smallest absolute Gasteiger partial charge is 0.162 e. The fourth-order valence-corrected chi connectivity index (χ4v) is 3.32. The van der Waals surface area contributed by atoms with Gasteiger partial charge < -0.3 is 9.47 Å². The lowest BCUT2D eigenvalue weighted by molar-refractivity contribution is -0.0769. The molecule has 4 nitrogen and oxygen atoms in total. The van der Waals surface area contributed by atoms with Gasteiger partial charge in [-0.25, -0.2) is 9.97 Å². The average molecular weight is 411 g/mol. The van der Waals surface area contributed by atoms with Gasteiger partial charge in [0.2, 0.25) is 0 Å². The summed E-state index contributed by atoms with van der Waals surface area (Å²) in [5.41, 5.74) is 0.469. The summed E-state index contributed by atoms with van der Waals surface area (Å²) in [5, 5.41) is 0.493. The standard InChI is InChI=1S/C14H20ClIN2O2/c1-3-20-14(7-5-4-6-8-14)13-17-10(9-19-2)11(16)12(15)18-13/h3-9H2,1-2H3. The van der Waals surface area contributed by atoms with Crippen molar-refractivity contribution in [3.8, 4) is 0 Å². The molecule has 0 aliphatic heterocycles. The van der Waals surface area contributed by atoms with Gasteiger partial charge >= 0.3 is 0 Å². The van der Waals surface area contributed by atoms with Crippen LogP contribution < -0.4 is 0 Å². The van der Waals surface area contributed by atoms with Crippen LogP contribution in [0, 0.1) is 3.57 Å². The van der Waals surface area contributed by atoms with Crippen molar-refractivity contribution in [3.63, 3.8) is 0 Å². The van der Waals surface area contributed by atoms with E-state index in [0.29, 0.717) is 18.4 Å². The van der Waals surface area contributed by atoms with Gasteiger partial charge in [-0.3, -0.25) is 0 Å². The molecule has 1 aromatic heterocycles. The van der Waals surface area contributed by atoms with E-state index in [1.54, 1.807) is 7.11 Å². The molecule has 0 saturated heterocycles. The van der Waals surface area contributed by atoms with Crippen molar-refractivity contribution < 1.29 is 9.47 Å². The minimum atomic E-state index is -0.372. The predicted molar refractivity (Wildman–Crippen MR) is 86.9 cm³/mol. The number of methoxy groups -OCH3 is 1. The van der Waals surface area contributed by atoms with Crippen LogP contribution in [0.15, 0.2) is 0 Å². The molecule has 1 saturated carbocycles. The number of hydrogen-bond donors (Lipinski definition) is 0. The highest BCUT2D eigenvalue weighted by Crippen LogP contribution is 2.39. The fraction of sp³-hybridized carbons (Fsp3) is 0.714. The van der Waals surface area contributed by atoms with Crippen LogP contribution >= 0.6 is 34.2 Å². The Morgan fingerprint density at radius 3 is 2.55 bits per heavy atom. The third-order valence-electron chi connectivity index (χ3n) is 3.65. The van der Waals surface area contributed by atoms with Crippen molar-refractivity contribution in [1.29, 1.82) is 0 Å². The summed E-state index contributed by atoms with van der Waals surface area (Å²) in [6.07, 6.45) is 5.46. The number of halogens is 2. The maximum absolute atomic E-state index is 6.27. The van der Waals surface area contributed by atoms with E-state index >= 15 is 0 Å². The molecule has 2 rings (SSSR count). The molecule has 1 aromatic rings. The first-order valence-corrected chi connectivity index (χ1v) is 8.44. The van der Waals surface area contributed by atoms with E-state index in [0.717, 1.165) is 40.8 Å². The molecular formula is C14H20ClIN2O2. The van der Waals surface area contributed by atoms with Gasteiger partial charge in [-0.2, -0.15) is 0 Å². The molecule has 0 radical (unpaired) electrons. The number of hydrogen-bond acceptors (Lipinski definition) is 4. The summed E-state index contributed by atoms with van der Waals surface area (Å²) in [6, 6.07) is 0. The van der Waals surface area contributed by atoms with Gasteiger partial charge in [0.05, 0.1) is 15.9 Å². The molecule has 1 fully saturated rings. The van der Waals surface area contributed by atoms with Crippen molar-refractivity contribution in [2.45, 2.75) is 51.2 Å². The lowest BCUT2D eigenvalue weighted by Crippen LogP contribution is -2.35. The van der Waals surface area contributed by atoms with Crippen molar-refractivity contribution >= 4 is 34.2 Å². The van der Waals surface area contributed by atoms with Gasteiger partial charge in [0, 0.05) is 13.7 Å². The van der Waals surface area contributed by atoms with E-state index < -0.39 is 0 Å². The zero-order valence-corrected chi connectivity index (χ0v) is 14.8. The second-order valence-corrected chi connectivity index (χ2v) is 6.46. The fourth-order valence-electron chi connectivity index (χ4n) is 2.73. The monoisotopic (exact) mass is 410 g/mol. The lowest BCUT2D eigenvalue weighted by Gasteiger charge is -2.35. The van der Waals surface area contributed by atoms with Crippen LogP contribution in [0.4, 0.5) is 0 Å². The molecule has 0 atom stereocenters. The molecule has 1 aliphatic rings. The van der Waals surface area contributed by atoms with Crippen molar-refractivity contribution in [3.05, 3.63) is 20.2 Å². The van der Waals surface area contributed by atoms with E-state index in [1.807, 2.05) is 6.92 Å². The molecule has 6 heteroatoms. The van der Waals surface area contributed by atoms with Gasteiger partial charge in [0.1, 0.15) is 10.8 Å². The van der Waals surface area contributed by atoms with Crippen LogP contribution in [-0.2, 0) is 21.7 Å². The Kier molecular flexibility index (Phi) is 6.01. The van der Waals surface area contributed by atoms with Crippen LogP contribution in [0.3, 0.4) is 0 Å². The zero-order valence-electron chi connectivity index (χ0n) is 11.9. The summed E-state index contributed by atoms with van der Waals surface area (Å²) in [5.74, 6) is 0.719. The summed E-state index contributed by atoms with van der Waals surface area (Å²) in [6.45, 7) is 3.11. The summed E-state index contributed by atoms with van der Waals surface area (Å²) >= 11 is 8.43. The van der Waals surface area contributed by atoms with E-state index in [9.17, 15) is 0 Å². The normalized spacial score (nSPS) is 18.2. The highest BCUT2D eigenvalue weighted by molar-refractivity contribution is 14.1. The molecule has 0 unspecified atom stereocenters. The second kappa shape index (κ2) is 7.33. The Morgan fingerprint density at radius 2 is 1.95 bits per heavy atom. The van der Waals surface area contributed by atoms with Gasteiger partial charge in [0.15, 0.2) is 5.82 Å². The number of nitrogens with zero attached hydrogens (tertiary/aromatic N) is 2. The minimum absolute atomic E-state index is 0.372. The molecule has 1 aliphatic carbocycles. The molecule has 0 spiro atoms. The van der Waals surface area contributed by atoms with Crippen LogP contribution in [0.1, 0.15) is 50.5 Å². The molecule has 0 bridgehead atoms. The quantitative estimate of drug-likeness (QED) is 0.542. The van der Waals surface area contributed by atoms with Crippen LogP contribution in [0.2, 0.25) is 5.15 Å². The number of ether oxygens (including phenoxy) is 2. The van der Waals surface area contributed by atoms with Crippen molar-refractivity contribution in [2.24, 2.45) is 0 Å². The Labute approximate surface area is 138 Å². The van der Waals surface area contributed by atoms with E-state index in [-0.39, 0.29) is 5.60 Å². The first kappa shape index (κ1) is 16.4. The van der Waals surface area contributed by atoms with E-state index in [1.165, 1.54) is 6.42 Å². The van der Waals surface area contributed by atoms with E-state index in [2.05, 4.69) is 32.6 Å². The van der Waals surface area contributed by atoms with Gasteiger partial charge in [-0.05, 0) is 42.4 Å². The highest BCUT2D eigenvalue weighted by atomic mass is 127.